The van der Waals surface area contributed by atoms with Crippen LogP contribution in [0.1, 0.15) is 12.5 Å². The summed E-state index contributed by atoms with van der Waals surface area (Å²) in [4.78, 5) is 9.93. The Morgan fingerprint density at radius 3 is 2.76 bits per heavy atom. The molecule has 1 N–H and O–H groups in total. The van der Waals surface area contributed by atoms with Gasteiger partial charge in [-0.05, 0) is 31.0 Å². The smallest absolute Gasteiger partial charge is 0.270 e. The first kappa shape index (κ1) is 15.2. The number of nitro groups is 1. The maximum atomic E-state index is 12.2. The Bertz CT molecular complexity index is 725. The Labute approximate surface area is 121 Å². The van der Waals surface area contributed by atoms with Crippen molar-refractivity contribution in [2.45, 2.75) is 24.3 Å². The summed E-state index contributed by atoms with van der Waals surface area (Å²) in [5, 5.41) is 10.7. The molecular formula is C13H14N2O5S. The van der Waals surface area contributed by atoms with Crippen molar-refractivity contribution in [1.29, 1.82) is 0 Å². The Morgan fingerprint density at radius 2 is 2.14 bits per heavy atom. The van der Waals surface area contributed by atoms with Crippen molar-refractivity contribution in [2.75, 3.05) is 0 Å². The molecule has 0 bridgehead atoms. The highest BCUT2D eigenvalue weighted by molar-refractivity contribution is 7.89. The lowest BCUT2D eigenvalue weighted by Gasteiger charge is -2.13. The van der Waals surface area contributed by atoms with Gasteiger partial charge in [0.2, 0.25) is 10.0 Å². The number of benzene rings is 1. The lowest BCUT2D eigenvalue weighted by Crippen LogP contribution is -2.34. The summed E-state index contributed by atoms with van der Waals surface area (Å²) in [5.74, 6) is 0. The molecule has 8 heteroatoms. The van der Waals surface area contributed by atoms with Gasteiger partial charge in [-0.15, -0.1) is 0 Å². The number of rotatable bonds is 6. The number of nitrogens with zero attached hydrogens (tertiary/aromatic N) is 1. The summed E-state index contributed by atoms with van der Waals surface area (Å²) in [6.45, 7) is 1.71. The predicted octanol–water partition coefficient (Wildman–Crippen LogP) is 2.10. The van der Waals surface area contributed by atoms with Crippen LogP contribution in [0, 0.1) is 10.1 Å². The molecule has 0 saturated carbocycles. The highest BCUT2D eigenvalue weighted by atomic mass is 32.2. The maximum absolute atomic E-state index is 12.2. The second-order valence-electron chi connectivity index (χ2n) is 4.61. The number of non-ortho nitro benzene ring substituents is 1. The molecule has 2 rings (SSSR count). The first-order chi connectivity index (χ1) is 9.88. The molecule has 1 atom stereocenters. The molecule has 0 radical (unpaired) electrons. The van der Waals surface area contributed by atoms with Crippen molar-refractivity contribution in [3.63, 3.8) is 0 Å². The van der Waals surface area contributed by atoms with Gasteiger partial charge in [0, 0.05) is 18.2 Å². The molecule has 7 nitrogen and oxygen atoms in total. The van der Waals surface area contributed by atoms with E-state index in [1.54, 1.807) is 13.0 Å². The summed E-state index contributed by atoms with van der Waals surface area (Å²) in [5.41, 5.74) is 0.601. The van der Waals surface area contributed by atoms with E-state index >= 15 is 0 Å². The fourth-order valence-electron chi connectivity index (χ4n) is 1.90. The van der Waals surface area contributed by atoms with E-state index in [9.17, 15) is 18.5 Å². The standard InChI is InChI=1S/C13H14N2O5S/c1-10(7-11-5-6-20-9-11)14-21(18,19)13-4-2-3-12(8-13)15(16)17/h2-6,8-10,14H,7H2,1H3. The zero-order chi connectivity index (χ0) is 15.5. The van der Waals surface area contributed by atoms with Gasteiger partial charge in [0.1, 0.15) is 0 Å². The lowest BCUT2D eigenvalue weighted by atomic mass is 10.1. The third-order valence-corrected chi connectivity index (χ3v) is 4.40. The first-order valence-electron chi connectivity index (χ1n) is 6.16. The molecule has 0 aliphatic heterocycles. The van der Waals surface area contributed by atoms with Crippen LogP contribution < -0.4 is 4.72 Å². The van der Waals surface area contributed by atoms with Gasteiger partial charge in [-0.2, -0.15) is 0 Å². The van der Waals surface area contributed by atoms with Gasteiger partial charge in [0.05, 0.1) is 22.3 Å². The molecule has 21 heavy (non-hydrogen) atoms. The van der Waals surface area contributed by atoms with Gasteiger partial charge in [-0.25, -0.2) is 13.1 Å². The van der Waals surface area contributed by atoms with Crippen molar-refractivity contribution in [3.05, 3.63) is 58.5 Å². The average molecular weight is 310 g/mol. The summed E-state index contributed by atoms with van der Waals surface area (Å²) in [6.07, 6.45) is 3.51. The molecule has 112 valence electrons. The highest BCUT2D eigenvalue weighted by Crippen LogP contribution is 2.17. The molecule has 2 aromatic rings. The van der Waals surface area contributed by atoms with E-state index < -0.39 is 14.9 Å². The summed E-state index contributed by atoms with van der Waals surface area (Å²) in [6, 6.07) is 6.32. The van der Waals surface area contributed by atoms with Gasteiger partial charge in [0.25, 0.3) is 5.69 Å². The lowest BCUT2D eigenvalue weighted by molar-refractivity contribution is -0.385. The van der Waals surface area contributed by atoms with E-state index in [1.165, 1.54) is 30.7 Å². The predicted molar refractivity (Wildman–Crippen MR) is 75.3 cm³/mol. The third-order valence-electron chi connectivity index (χ3n) is 2.82. The monoisotopic (exact) mass is 310 g/mol. The SMILES string of the molecule is CC(Cc1ccoc1)NS(=O)(=O)c1cccc([N+](=O)[O-])c1. The molecule has 0 saturated heterocycles. The van der Waals surface area contributed by atoms with Crippen molar-refractivity contribution in [2.24, 2.45) is 0 Å². The van der Waals surface area contributed by atoms with Crippen LogP contribution in [0.2, 0.25) is 0 Å². The number of hydrogen-bond acceptors (Lipinski definition) is 5. The van der Waals surface area contributed by atoms with Crippen LogP contribution >= 0.6 is 0 Å². The number of sulfonamides is 1. The first-order valence-corrected chi connectivity index (χ1v) is 7.64. The van der Waals surface area contributed by atoms with Crippen molar-refractivity contribution in [1.82, 2.24) is 4.72 Å². The maximum Gasteiger partial charge on any atom is 0.270 e. The minimum atomic E-state index is -3.80. The van der Waals surface area contributed by atoms with Crippen LogP contribution in [0.5, 0.6) is 0 Å². The third kappa shape index (κ3) is 3.89. The number of nitro benzene ring substituents is 1. The van der Waals surface area contributed by atoms with Gasteiger partial charge in [0.15, 0.2) is 0 Å². The zero-order valence-corrected chi connectivity index (χ0v) is 12.0. The van der Waals surface area contributed by atoms with E-state index in [1.807, 2.05) is 0 Å². The van der Waals surface area contributed by atoms with E-state index in [4.69, 9.17) is 4.42 Å². The van der Waals surface area contributed by atoms with E-state index in [-0.39, 0.29) is 16.6 Å². The molecule has 1 heterocycles. The number of hydrogen-bond donors (Lipinski definition) is 1. The zero-order valence-electron chi connectivity index (χ0n) is 11.2. The van der Waals surface area contributed by atoms with Crippen LogP contribution in [0.25, 0.3) is 0 Å². The van der Waals surface area contributed by atoms with Gasteiger partial charge < -0.3 is 4.42 Å². The van der Waals surface area contributed by atoms with Crippen LogP contribution in [0.4, 0.5) is 5.69 Å². The van der Waals surface area contributed by atoms with Gasteiger partial charge in [-0.3, -0.25) is 10.1 Å². The Kier molecular flexibility index (Phi) is 4.39. The Morgan fingerprint density at radius 1 is 1.38 bits per heavy atom. The quantitative estimate of drug-likeness (QED) is 0.650. The molecule has 0 fully saturated rings. The molecule has 0 spiro atoms. The number of nitrogens with one attached hydrogen (secondary N) is 1. The van der Waals surface area contributed by atoms with E-state index in [0.717, 1.165) is 11.6 Å². The van der Waals surface area contributed by atoms with Crippen LogP contribution in [0.15, 0.2) is 52.2 Å². The van der Waals surface area contributed by atoms with Gasteiger partial charge >= 0.3 is 0 Å². The average Bonchev–Trinajstić information content (AvgIpc) is 2.91. The van der Waals surface area contributed by atoms with Gasteiger partial charge in [-0.1, -0.05) is 6.07 Å². The molecule has 1 aromatic carbocycles. The van der Waals surface area contributed by atoms with Crippen molar-refractivity contribution >= 4 is 15.7 Å². The summed E-state index contributed by atoms with van der Waals surface area (Å²) >= 11 is 0. The largest absolute Gasteiger partial charge is 0.472 e. The second-order valence-corrected chi connectivity index (χ2v) is 6.33. The molecule has 0 aliphatic carbocycles. The van der Waals surface area contributed by atoms with Crippen LogP contribution in [-0.4, -0.2) is 19.4 Å². The van der Waals surface area contributed by atoms with Crippen LogP contribution in [0.3, 0.4) is 0 Å². The molecule has 0 aliphatic rings. The minimum absolute atomic E-state index is 0.129. The summed E-state index contributed by atoms with van der Waals surface area (Å²) in [7, 11) is -3.80. The molecule has 1 unspecified atom stereocenters. The van der Waals surface area contributed by atoms with E-state index in [2.05, 4.69) is 4.72 Å². The normalized spacial score (nSPS) is 13.0. The van der Waals surface area contributed by atoms with E-state index in [0.29, 0.717) is 6.42 Å². The number of furan rings is 1. The Hall–Kier alpha value is -2.19. The second kappa shape index (κ2) is 6.06. The van der Waals surface area contributed by atoms with Crippen molar-refractivity contribution < 1.29 is 17.8 Å². The van der Waals surface area contributed by atoms with Crippen molar-refractivity contribution in [3.8, 4) is 0 Å². The Balaban J connectivity index is 2.14. The summed E-state index contributed by atoms with van der Waals surface area (Å²) < 4.78 is 31.8. The molecule has 1 aromatic heterocycles. The topological polar surface area (TPSA) is 102 Å². The minimum Gasteiger partial charge on any atom is -0.472 e. The van der Waals surface area contributed by atoms with Crippen LogP contribution in [-0.2, 0) is 16.4 Å². The fraction of sp³-hybridized carbons (Fsp3) is 0.231. The molecular weight excluding hydrogens is 296 g/mol. The highest BCUT2D eigenvalue weighted by Gasteiger charge is 2.20. The fourth-order valence-corrected chi connectivity index (χ4v) is 3.18. The molecule has 0 amide bonds.